The number of ether oxygens (including phenoxy) is 2. The topological polar surface area (TPSA) is 76.2 Å². The van der Waals surface area contributed by atoms with E-state index in [0.29, 0.717) is 11.4 Å². The molecule has 0 fully saturated rings. The van der Waals surface area contributed by atoms with Crippen LogP contribution >= 0.6 is 0 Å². The number of rotatable bonds is 4. The second-order valence-electron chi connectivity index (χ2n) is 6.68. The molecular weight excluding hydrogens is 330 g/mol. The second kappa shape index (κ2) is 6.22. The van der Waals surface area contributed by atoms with Crippen molar-refractivity contribution >= 4 is 5.91 Å². The molecule has 1 aliphatic rings. The van der Waals surface area contributed by atoms with Crippen LogP contribution in [0.5, 0.6) is 11.5 Å². The fraction of sp³-hybridized carbons (Fsp3) is 0.200. The summed E-state index contributed by atoms with van der Waals surface area (Å²) in [5, 5.41) is 10.1. The minimum Gasteiger partial charge on any atom is -0.454 e. The Morgan fingerprint density at radius 3 is 2.65 bits per heavy atom. The van der Waals surface area contributed by atoms with Crippen molar-refractivity contribution in [2.45, 2.75) is 19.4 Å². The molecule has 0 atom stereocenters. The van der Waals surface area contributed by atoms with E-state index in [-0.39, 0.29) is 12.7 Å². The van der Waals surface area contributed by atoms with Gasteiger partial charge in [0, 0.05) is 5.56 Å². The fourth-order valence-electron chi connectivity index (χ4n) is 2.90. The van der Waals surface area contributed by atoms with Gasteiger partial charge < -0.3 is 14.8 Å². The number of hydrogen-bond donors (Lipinski definition) is 2. The molecule has 0 spiro atoms. The normalized spacial score (nSPS) is 12.8. The smallest absolute Gasteiger partial charge is 0.269 e. The molecule has 2 heterocycles. The van der Waals surface area contributed by atoms with Crippen LogP contribution in [0.4, 0.5) is 0 Å². The predicted octanol–water partition coefficient (Wildman–Crippen LogP) is 3.47. The van der Waals surface area contributed by atoms with Crippen molar-refractivity contribution in [1.29, 1.82) is 0 Å². The van der Waals surface area contributed by atoms with E-state index < -0.39 is 5.54 Å². The van der Waals surface area contributed by atoms with Crippen molar-refractivity contribution in [2.24, 2.45) is 0 Å². The van der Waals surface area contributed by atoms with Crippen LogP contribution < -0.4 is 14.8 Å². The largest absolute Gasteiger partial charge is 0.454 e. The van der Waals surface area contributed by atoms with E-state index in [2.05, 4.69) is 15.5 Å². The Bertz CT molecular complexity index is 948. The number of nitrogens with zero attached hydrogens (tertiary/aromatic N) is 1. The third-order valence-electron chi connectivity index (χ3n) is 4.41. The highest BCUT2D eigenvalue weighted by molar-refractivity contribution is 5.93. The number of H-pyrrole nitrogens is 1. The Morgan fingerprint density at radius 1 is 1.08 bits per heavy atom. The van der Waals surface area contributed by atoms with Crippen LogP contribution in [-0.4, -0.2) is 22.9 Å². The Morgan fingerprint density at radius 2 is 1.85 bits per heavy atom. The number of aromatic amines is 1. The molecule has 0 bridgehead atoms. The quantitative estimate of drug-likeness (QED) is 0.756. The van der Waals surface area contributed by atoms with Gasteiger partial charge in [0.2, 0.25) is 6.79 Å². The molecule has 2 aromatic carbocycles. The number of aromatic nitrogens is 2. The van der Waals surface area contributed by atoms with E-state index in [1.165, 1.54) is 0 Å². The summed E-state index contributed by atoms with van der Waals surface area (Å²) in [6.07, 6.45) is 0. The number of nitrogens with one attached hydrogen (secondary N) is 2. The van der Waals surface area contributed by atoms with Crippen LogP contribution in [0.25, 0.3) is 11.3 Å². The Labute approximate surface area is 151 Å². The lowest BCUT2D eigenvalue weighted by Gasteiger charge is -2.26. The molecule has 0 saturated heterocycles. The summed E-state index contributed by atoms with van der Waals surface area (Å²) in [6.45, 7) is 4.11. The first-order valence-electron chi connectivity index (χ1n) is 8.36. The highest BCUT2D eigenvalue weighted by Crippen LogP contribution is 2.35. The number of amides is 1. The summed E-state index contributed by atoms with van der Waals surface area (Å²) in [5.74, 6) is 1.19. The van der Waals surface area contributed by atoms with Crippen molar-refractivity contribution in [3.8, 4) is 22.8 Å². The minimum absolute atomic E-state index is 0.220. The summed E-state index contributed by atoms with van der Waals surface area (Å²) in [4.78, 5) is 12.7. The molecule has 2 N–H and O–H groups in total. The zero-order chi connectivity index (χ0) is 18.1. The van der Waals surface area contributed by atoms with Crippen LogP contribution in [0.1, 0.15) is 29.9 Å². The maximum atomic E-state index is 12.7. The van der Waals surface area contributed by atoms with Gasteiger partial charge in [-0.25, -0.2) is 0 Å². The number of benzene rings is 2. The zero-order valence-corrected chi connectivity index (χ0v) is 14.6. The highest BCUT2D eigenvalue weighted by atomic mass is 16.7. The van der Waals surface area contributed by atoms with Gasteiger partial charge in [0.15, 0.2) is 11.5 Å². The Hall–Kier alpha value is -3.28. The summed E-state index contributed by atoms with van der Waals surface area (Å²) in [5.41, 5.74) is 2.45. The van der Waals surface area contributed by atoms with Crippen molar-refractivity contribution in [3.63, 3.8) is 0 Å². The minimum atomic E-state index is -0.587. The number of fused-ring (bicyclic) bond motifs is 1. The molecule has 132 valence electrons. The second-order valence-corrected chi connectivity index (χ2v) is 6.68. The van der Waals surface area contributed by atoms with Crippen molar-refractivity contribution in [2.75, 3.05) is 6.79 Å². The van der Waals surface area contributed by atoms with Gasteiger partial charge in [-0.15, -0.1) is 0 Å². The Balaban J connectivity index is 1.53. The first-order valence-corrected chi connectivity index (χ1v) is 8.36. The zero-order valence-electron chi connectivity index (χ0n) is 14.6. The highest BCUT2D eigenvalue weighted by Gasteiger charge is 2.27. The van der Waals surface area contributed by atoms with Gasteiger partial charge in [0.05, 0.1) is 11.2 Å². The standard InChI is InChI=1S/C20H19N3O3/c1-20(2,14-8-9-17-18(10-14)26-12-25-17)21-19(24)16-11-15(22-23-16)13-6-4-3-5-7-13/h3-11H,12H2,1-2H3,(H,21,24)(H,22,23). The lowest BCUT2D eigenvalue weighted by molar-refractivity contribution is 0.0906. The van der Waals surface area contributed by atoms with E-state index in [4.69, 9.17) is 9.47 Å². The molecule has 0 radical (unpaired) electrons. The molecule has 0 unspecified atom stereocenters. The maximum Gasteiger partial charge on any atom is 0.269 e. The molecule has 6 nitrogen and oxygen atoms in total. The van der Waals surface area contributed by atoms with Crippen molar-refractivity contribution in [1.82, 2.24) is 15.5 Å². The molecule has 3 aromatic rings. The Kier molecular flexibility index (Phi) is 3.88. The van der Waals surface area contributed by atoms with Gasteiger partial charge in [-0.3, -0.25) is 9.89 Å². The molecular formula is C20H19N3O3. The van der Waals surface area contributed by atoms with Crippen molar-refractivity contribution < 1.29 is 14.3 Å². The average Bonchev–Trinajstić information content (AvgIpc) is 3.31. The first-order chi connectivity index (χ1) is 12.5. The predicted molar refractivity (Wildman–Crippen MR) is 97.1 cm³/mol. The third-order valence-corrected chi connectivity index (χ3v) is 4.41. The van der Waals surface area contributed by atoms with Crippen LogP contribution in [0.15, 0.2) is 54.6 Å². The molecule has 0 saturated carbocycles. The van der Waals surface area contributed by atoms with Gasteiger partial charge in [0.25, 0.3) is 5.91 Å². The lowest BCUT2D eigenvalue weighted by Crippen LogP contribution is -2.41. The summed E-state index contributed by atoms with van der Waals surface area (Å²) >= 11 is 0. The van der Waals surface area contributed by atoms with Crippen LogP contribution in [-0.2, 0) is 5.54 Å². The van der Waals surface area contributed by atoms with Crippen LogP contribution in [0, 0.1) is 0 Å². The lowest BCUT2D eigenvalue weighted by atomic mass is 9.93. The van der Waals surface area contributed by atoms with E-state index in [9.17, 15) is 4.79 Å². The molecule has 0 aliphatic carbocycles. The van der Waals surface area contributed by atoms with Gasteiger partial charge in [0.1, 0.15) is 5.69 Å². The molecule has 1 aliphatic heterocycles. The fourth-order valence-corrected chi connectivity index (χ4v) is 2.90. The van der Waals surface area contributed by atoms with Gasteiger partial charge >= 0.3 is 0 Å². The maximum absolute atomic E-state index is 12.7. The van der Waals surface area contributed by atoms with E-state index in [0.717, 1.165) is 22.6 Å². The van der Waals surface area contributed by atoms with Crippen LogP contribution in [0.2, 0.25) is 0 Å². The van der Waals surface area contributed by atoms with Crippen LogP contribution in [0.3, 0.4) is 0 Å². The monoisotopic (exact) mass is 349 g/mol. The summed E-state index contributed by atoms with van der Waals surface area (Å²) in [6, 6.07) is 17.1. The van der Waals surface area contributed by atoms with Gasteiger partial charge in [-0.1, -0.05) is 36.4 Å². The molecule has 6 heteroatoms. The molecule has 1 amide bonds. The number of hydrogen-bond acceptors (Lipinski definition) is 4. The number of carbonyl (C=O) groups is 1. The van der Waals surface area contributed by atoms with Crippen molar-refractivity contribution in [3.05, 3.63) is 65.9 Å². The average molecular weight is 349 g/mol. The summed E-state index contributed by atoms with van der Waals surface area (Å²) in [7, 11) is 0. The van der Waals surface area contributed by atoms with E-state index >= 15 is 0 Å². The van der Waals surface area contributed by atoms with Gasteiger partial charge in [-0.05, 0) is 37.6 Å². The third kappa shape index (κ3) is 3.01. The SMILES string of the molecule is CC(C)(NC(=O)c1cc(-c2ccccc2)n[nH]1)c1ccc2c(c1)OCO2. The van der Waals surface area contributed by atoms with E-state index in [1.807, 2.05) is 62.4 Å². The number of carbonyl (C=O) groups excluding carboxylic acids is 1. The first kappa shape index (κ1) is 16.2. The summed E-state index contributed by atoms with van der Waals surface area (Å²) < 4.78 is 10.8. The van der Waals surface area contributed by atoms with E-state index in [1.54, 1.807) is 6.07 Å². The van der Waals surface area contributed by atoms with Gasteiger partial charge in [-0.2, -0.15) is 5.10 Å². The molecule has 1 aromatic heterocycles. The molecule has 4 rings (SSSR count). The molecule has 26 heavy (non-hydrogen) atoms.